The van der Waals surface area contributed by atoms with Crippen molar-refractivity contribution < 1.29 is 13.5 Å². The Morgan fingerprint density at radius 3 is 2.31 bits per heavy atom. The Labute approximate surface area is 103 Å². The molecule has 0 aromatic heterocycles. The van der Waals surface area contributed by atoms with Gasteiger partial charge in [-0.25, -0.2) is 8.42 Å². The Bertz CT molecular complexity index is 465. The monoisotopic (exact) mass is 305 g/mol. The minimum atomic E-state index is -3.40. The molecule has 1 aromatic carbocycles. The van der Waals surface area contributed by atoms with Gasteiger partial charge in [0.15, 0.2) is 0 Å². The predicted octanol–water partition coefficient (Wildman–Crippen LogP) is 0.947. The van der Waals surface area contributed by atoms with Gasteiger partial charge in [0.2, 0.25) is 10.0 Å². The van der Waals surface area contributed by atoms with E-state index in [4.69, 9.17) is 5.11 Å². The Kier molecular flexibility index (Phi) is 3.34. The molecule has 0 bridgehead atoms. The van der Waals surface area contributed by atoms with E-state index < -0.39 is 16.1 Å². The van der Waals surface area contributed by atoms with E-state index in [-0.39, 0.29) is 18.0 Å². The zero-order chi connectivity index (χ0) is 11.8. The standard InChI is InChI=1S/C10H12BrNO3S/c11-5-8-1-3-10(4-2-8)16(14,15)12-6-9(13)7-12/h1-4,9,13H,5-7H2. The van der Waals surface area contributed by atoms with E-state index in [9.17, 15) is 8.42 Å². The first-order valence-corrected chi connectivity index (χ1v) is 7.43. The molecule has 16 heavy (non-hydrogen) atoms. The number of sulfonamides is 1. The fourth-order valence-corrected chi connectivity index (χ4v) is 3.40. The number of halogens is 1. The number of benzene rings is 1. The third kappa shape index (κ3) is 2.15. The fraction of sp³-hybridized carbons (Fsp3) is 0.400. The minimum absolute atomic E-state index is 0.197. The summed E-state index contributed by atoms with van der Waals surface area (Å²) in [6.07, 6.45) is -0.517. The molecule has 0 atom stereocenters. The highest BCUT2D eigenvalue weighted by Gasteiger charge is 2.35. The van der Waals surface area contributed by atoms with Crippen molar-refractivity contribution in [3.05, 3.63) is 29.8 Å². The van der Waals surface area contributed by atoms with Crippen LogP contribution in [0.3, 0.4) is 0 Å². The quantitative estimate of drug-likeness (QED) is 0.846. The molecule has 0 aliphatic carbocycles. The van der Waals surface area contributed by atoms with Gasteiger partial charge in [0, 0.05) is 18.4 Å². The molecule has 0 radical (unpaired) electrons. The van der Waals surface area contributed by atoms with E-state index in [1.165, 1.54) is 4.31 Å². The molecule has 0 unspecified atom stereocenters. The van der Waals surface area contributed by atoms with Crippen LogP contribution in [0.25, 0.3) is 0 Å². The predicted molar refractivity (Wildman–Crippen MR) is 63.8 cm³/mol. The molecular formula is C10H12BrNO3S. The number of β-amino-alcohol motifs (C(OH)–C–C–N with tert-alkyl or cyclic N) is 1. The second-order valence-corrected chi connectivity index (χ2v) is 6.25. The number of alkyl halides is 1. The topological polar surface area (TPSA) is 57.6 Å². The average molecular weight is 306 g/mol. The summed E-state index contributed by atoms with van der Waals surface area (Å²) in [6, 6.07) is 6.74. The number of hydrogen-bond acceptors (Lipinski definition) is 3. The Morgan fingerprint density at radius 1 is 1.31 bits per heavy atom. The maximum absolute atomic E-state index is 12.0. The smallest absolute Gasteiger partial charge is 0.243 e. The van der Waals surface area contributed by atoms with Gasteiger partial charge in [-0.2, -0.15) is 4.31 Å². The summed E-state index contributed by atoms with van der Waals surface area (Å²) in [5.41, 5.74) is 1.03. The van der Waals surface area contributed by atoms with Crippen molar-refractivity contribution in [2.75, 3.05) is 13.1 Å². The average Bonchev–Trinajstić information content (AvgIpc) is 2.25. The molecular weight excluding hydrogens is 294 g/mol. The highest BCUT2D eigenvalue weighted by Crippen LogP contribution is 2.22. The summed E-state index contributed by atoms with van der Waals surface area (Å²) in [5.74, 6) is 0. The maximum atomic E-state index is 12.0. The molecule has 0 amide bonds. The summed E-state index contributed by atoms with van der Waals surface area (Å²) >= 11 is 3.30. The van der Waals surface area contributed by atoms with Crippen molar-refractivity contribution in [1.29, 1.82) is 0 Å². The second-order valence-electron chi connectivity index (χ2n) is 3.75. The first kappa shape index (κ1) is 12.0. The van der Waals surface area contributed by atoms with E-state index in [2.05, 4.69) is 15.9 Å². The van der Waals surface area contributed by atoms with Crippen LogP contribution in [-0.2, 0) is 15.4 Å². The molecule has 1 N–H and O–H groups in total. The van der Waals surface area contributed by atoms with Crippen molar-refractivity contribution in [3.8, 4) is 0 Å². The van der Waals surface area contributed by atoms with Gasteiger partial charge in [0.05, 0.1) is 11.0 Å². The van der Waals surface area contributed by atoms with Crippen molar-refractivity contribution >= 4 is 26.0 Å². The van der Waals surface area contributed by atoms with Crippen LogP contribution in [0.5, 0.6) is 0 Å². The molecule has 2 rings (SSSR count). The van der Waals surface area contributed by atoms with Gasteiger partial charge in [0.25, 0.3) is 0 Å². The lowest BCUT2D eigenvalue weighted by Gasteiger charge is -2.34. The van der Waals surface area contributed by atoms with Crippen LogP contribution < -0.4 is 0 Å². The summed E-state index contributed by atoms with van der Waals surface area (Å²) in [4.78, 5) is 0.282. The summed E-state index contributed by atoms with van der Waals surface area (Å²) in [6.45, 7) is 0.394. The van der Waals surface area contributed by atoms with E-state index in [0.29, 0.717) is 5.33 Å². The number of aliphatic hydroxyl groups is 1. The van der Waals surface area contributed by atoms with Gasteiger partial charge in [0.1, 0.15) is 0 Å². The summed E-state index contributed by atoms with van der Waals surface area (Å²) in [5, 5.41) is 9.80. The minimum Gasteiger partial charge on any atom is -0.390 e. The lowest BCUT2D eigenvalue weighted by molar-refractivity contribution is 0.0548. The molecule has 1 saturated heterocycles. The van der Waals surface area contributed by atoms with Gasteiger partial charge in [-0.15, -0.1) is 0 Å². The summed E-state index contributed by atoms with van der Waals surface area (Å²) in [7, 11) is -3.40. The SMILES string of the molecule is O=S(=O)(c1ccc(CBr)cc1)N1CC(O)C1. The van der Waals surface area contributed by atoms with Crippen LogP contribution in [0.1, 0.15) is 5.56 Å². The molecule has 1 aliphatic rings. The molecule has 6 heteroatoms. The Hall–Kier alpha value is -0.430. The Balaban J connectivity index is 2.22. The number of rotatable bonds is 3. The van der Waals surface area contributed by atoms with E-state index >= 15 is 0 Å². The van der Waals surface area contributed by atoms with Crippen LogP contribution in [0.15, 0.2) is 29.2 Å². The van der Waals surface area contributed by atoms with Crippen molar-refractivity contribution in [3.63, 3.8) is 0 Å². The number of hydrogen-bond donors (Lipinski definition) is 1. The lowest BCUT2D eigenvalue weighted by Crippen LogP contribution is -2.53. The first-order valence-electron chi connectivity index (χ1n) is 4.87. The number of aliphatic hydroxyl groups excluding tert-OH is 1. The molecule has 1 aliphatic heterocycles. The van der Waals surface area contributed by atoms with Crippen LogP contribution in [-0.4, -0.2) is 37.0 Å². The second kappa shape index (κ2) is 4.44. The third-order valence-electron chi connectivity index (χ3n) is 2.54. The van der Waals surface area contributed by atoms with Crippen LogP contribution in [0.2, 0.25) is 0 Å². The van der Waals surface area contributed by atoms with Crippen LogP contribution in [0.4, 0.5) is 0 Å². The molecule has 88 valence electrons. The number of nitrogens with zero attached hydrogens (tertiary/aromatic N) is 1. The molecule has 1 aromatic rings. The fourth-order valence-electron chi connectivity index (χ4n) is 1.51. The summed E-state index contributed by atoms with van der Waals surface area (Å²) < 4.78 is 25.2. The normalized spacial score (nSPS) is 18.4. The zero-order valence-electron chi connectivity index (χ0n) is 8.51. The van der Waals surface area contributed by atoms with E-state index in [1.54, 1.807) is 24.3 Å². The third-order valence-corrected chi connectivity index (χ3v) is 5.04. The molecule has 4 nitrogen and oxygen atoms in total. The van der Waals surface area contributed by atoms with Crippen molar-refractivity contribution in [2.24, 2.45) is 0 Å². The Morgan fingerprint density at radius 2 is 1.88 bits per heavy atom. The van der Waals surface area contributed by atoms with Gasteiger partial charge in [-0.1, -0.05) is 28.1 Å². The van der Waals surface area contributed by atoms with Crippen LogP contribution in [0, 0.1) is 0 Å². The van der Waals surface area contributed by atoms with Gasteiger partial charge in [-0.05, 0) is 17.7 Å². The molecule has 1 heterocycles. The molecule has 1 fully saturated rings. The van der Waals surface area contributed by atoms with Crippen LogP contribution >= 0.6 is 15.9 Å². The highest BCUT2D eigenvalue weighted by atomic mass is 79.9. The van der Waals surface area contributed by atoms with E-state index in [0.717, 1.165) is 5.56 Å². The van der Waals surface area contributed by atoms with Crippen molar-refractivity contribution in [2.45, 2.75) is 16.3 Å². The van der Waals surface area contributed by atoms with Gasteiger partial charge < -0.3 is 5.11 Å². The zero-order valence-corrected chi connectivity index (χ0v) is 10.9. The lowest BCUT2D eigenvalue weighted by atomic mass is 10.2. The highest BCUT2D eigenvalue weighted by molar-refractivity contribution is 9.08. The molecule has 0 spiro atoms. The largest absolute Gasteiger partial charge is 0.390 e. The maximum Gasteiger partial charge on any atom is 0.243 e. The molecule has 0 saturated carbocycles. The van der Waals surface area contributed by atoms with E-state index in [1.807, 2.05) is 0 Å². The first-order chi connectivity index (χ1) is 7.54. The van der Waals surface area contributed by atoms with Gasteiger partial charge >= 0.3 is 0 Å². The van der Waals surface area contributed by atoms with Crippen molar-refractivity contribution in [1.82, 2.24) is 4.31 Å². The van der Waals surface area contributed by atoms with Gasteiger partial charge in [-0.3, -0.25) is 0 Å².